The van der Waals surface area contributed by atoms with Gasteiger partial charge >= 0.3 is 0 Å². The zero-order valence-electron chi connectivity index (χ0n) is 7.62. The van der Waals surface area contributed by atoms with Crippen LogP contribution in [0, 0.1) is 5.92 Å². The van der Waals surface area contributed by atoms with Crippen LogP contribution in [0.2, 0.25) is 0 Å². The monoisotopic (exact) mass is 172 g/mol. The van der Waals surface area contributed by atoms with Crippen molar-refractivity contribution in [3.63, 3.8) is 0 Å². The van der Waals surface area contributed by atoms with Crippen LogP contribution >= 0.6 is 0 Å². The maximum Gasteiger partial charge on any atom is 0.110 e. The summed E-state index contributed by atoms with van der Waals surface area (Å²) in [4.78, 5) is 0. The van der Waals surface area contributed by atoms with Gasteiger partial charge in [-0.05, 0) is 19.3 Å². The minimum absolute atomic E-state index is 0.0781. The van der Waals surface area contributed by atoms with Crippen molar-refractivity contribution in [3.8, 4) is 0 Å². The lowest BCUT2D eigenvalue weighted by Gasteiger charge is -2.35. The Labute approximate surface area is 72.7 Å². The van der Waals surface area contributed by atoms with Gasteiger partial charge in [-0.1, -0.05) is 6.92 Å². The highest BCUT2D eigenvalue weighted by Gasteiger charge is 2.60. The molecule has 1 aliphatic heterocycles. The Hall–Kier alpha value is -0.120. The highest BCUT2D eigenvalue weighted by Crippen LogP contribution is 2.51. The molecule has 1 N–H and O–H groups in total. The summed E-state index contributed by atoms with van der Waals surface area (Å²) in [5, 5.41) is 9.10. The van der Waals surface area contributed by atoms with Gasteiger partial charge in [-0.25, -0.2) is 0 Å². The highest BCUT2D eigenvalue weighted by atomic mass is 16.6. The standard InChI is InChI=1S/C9H16O3/c1-6-3-9(6)8(4-10)12-7(2)5-11-9/h6-8,10H,3-5H2,1-2H3. The Morgan fingerprint density at radius 3 is 2.67 bits per heavy atom. The fraction of sp³-hybridized carbons (Fsp3) is 1.00. The molecule has 4 atom stereocenters. The largest absolute Gasteiger partial charge is 0.394 e. The Kier molecular flexibility index (Phi) is 1.90. The molecule has 1 aliphatic carbocycles. The number of aliphatic hydroxyl groups excluding tert-OH is 1. The van der Waals surface area contributed by atoms with E-state index in [2.05, 4.69) is 6.92 Å². The van der Waals surface area contributed by atoms with E-state index < -0.39 is 0 Å². The minimum atomic E-state index is -0.138. The number of hydrogen-bond donors (Lipinski definition) is 1. The van der Waals surface area contributed by atoms with Gasteiger partial charge in [0, 0.05) is 0 Å². The van der Waals surface area contributed by atoms with Gasteiger partial charge in [0.25, 0.3) is 0 Å². The fourth-order valence-electron chi connectivity index (χ4n) is 2.07. The van der Waals surface area contributed by atoms with Crippen molar-refractivity contribution in [3.05, 3.63) is 0 Å². The molecule has 2 rings (SSSR count). The summed E-state index contributed by atoms with van der Waals surface area (Å²) in [5.74, 6) is 0.544. The van der Waals surface area contributed by atoms with E-state index in [4.69, 9.17) is 14.6 Å². The summed E-state index contributed by atoms with van der Waals surface area (Å²) >= 11 is 0. The van der Waals surface area contributed by atoms with Gasteiger partial charge in [0.15, 0.2) is 0 Å². The van der Waals surface area contributed by atoms with E-state index in [9.17, 15) is 0 Å². The van der Waals surface area contributed by atoms with E-state index in [0.717, 1.165) is 6.42 Å². The fourth-order valence-corrected chi connectivity index (χ4v) is 2.07. The molecule has 0 bridgehead atoms. The molecule has 0 aromatic heterocycles. The van der Waals surface area contributed by atoms with E-state index in [-0.39, 0.29) is 24.4 Å². The SMILES string of the molecule is CC1COC2(CC2C)C(CO)O1. The zero-order valence-corrected chi connectivity index (χ0v) is 7.62. The molecule has 1 saturated carbocycles. The summed E-state index contributed by atoms with van der Waals surface area (Å²) in [5.41, 5.74) is -0.138. The molecular weight excluding hydrogens is 156 g/mol. The van der Waals surface area contributed by atoms with Gasteiger partial charge in [0.1, 0.15) is 6.10 Å². The van der Waals surface area contributed by atoms with Crippen molar-refractivity contribution < 1.29 is 14.6 Å². The molecule has 0 aromatic carbocycles. The lowest BCUT2D eigenvalue weighted by molar-refractivity contribution is -0.203. The first-order valence-corrected chi connectivity index (χ1v) is 4.59. The Balaban J connectivity index is 2.05. The number of aliphatic hydroxyl groups is 1. The third-order valence-corrected chi connectivity index (χ3v) is 2.99. The molecule has 2 fully saturated rings. The maximum atomic E-state index is 9.10. The van der Waals surface area contributed by atoms with Crippen LogP contribution in [0.3, 0.4) is 0 Å². The molecule has 2 aliphatic rings. The lowest BCUT2D eigenvalue weighted by atomic mass is 10.1. The van der Waals surface area contributed by atoms with Crippen LogP contribution in [0.1, 0.15) is 20.3 Å². The molecule has 12 heavy (non-hydrogen) atoms. The number of rotatable bonds is 1. The van der Waals surface area contributed by atoms with Crippen LogP contribution < -0.4 is 0 Å². The van der Waals surface area contributed by atoms with Gasteiger partial charge in [0.05, 0.1) is 24.9 Å². The smallest absolute Gasteiger partial charge is 0.110 e. The van der Waals surface area contributed by atoms with Gasteiger partial charge < -0.3 is 14.6 Å². The van der Waals surface area contributed by atoms with Crippen LogP contribution in [0.15, 0.2) is 0 Å². The molecule has 1 heterocycles. The second-order valence-electron chi connectivity index (χ2n) is 3.99. The van der Waals surface area contributed by atoms with E-state index >= 15 is 0 Å². The van der Waals surface area contributed by atoms with Crippen LogP contribution in [0.4, 0.5) is 0 Å². The second kappa shape index (κ2) is 2.69. The Morgan fingerprint density at radius 2 is 2.17 bits per heavy atom. The Bertz CT molecular complexity index is 183. The lowest BCUT2D eigenvalue weighted by Crippen LogP contribution is -2.47. The third kappa shape index (κ3) is 1.08. The first kappa shape index (κ1) is 8.48. The van der Waals surface area contributed by atoms with Gasteiger partial charge in [-0.2, -0.15) is 0 Å². The summed E-state index contributed by atoms with van der Waals surface area (Å²) in [6.45, 7) is 4.86. The summed E-state index contributed by atoms with van der Waals surface area (Å²) in [6, 6.07) is 0. The molecule has 0 aromatic rings. The molecule has 1 spiro atoms. The third-order valence-electron chi connectivity index (χ3n) is 2.99. The van der Waals surface area contributed by atoms with E-state index in [1.165, 1.54) is 0 Å². The average Bonchev–Trinajstić information content (AvgIpc) is 2.69. The van der Waals surface area contributed by atoms with Gasteiger partial charge in [-0.15, -0.1) is 0 Å². The van der Waals surface area contributed by atoms with Gasteiger partial charge in [-0.3, -0.25) is 0 Å². The van der Waals surface area contributed by atoms with Crippen LogP contribution in [0.5, 0.6) is 0 Å². The van der Waals surface area contributed by atoms with E-state index in [0.29, 0.717) is 12.5 Å². The predicted molar refractivity (Wildman–Crippen MR) is 43.9 cm³/mol. The highest BCUT2D eigenvalue weighted by molar-refractivity contribution is 5.09. The van der Waals surface area contributed by atoms with Crippen LogP contribution in [-0.4, -0.2) is 36.1 Å². The van der Waals surface area contributed by atoms with Gasteiger partial charge in [0.2, 0.25) is 0 Å². The van der Waals surface area contributed by atoms with Crippen molar-refractivity contribution in [2.24, 2.45) is 5.92 Å². The first-order valence-electron chi connectivity index (χ1n) is 4.59. The predicted octanol–water partition coefficient (Wildman–Crippen LogP) is 0.561. The van der Waals surface area contributed by atoms with Crippen molar-refractivity contribution >= 4 is 0 Å². The zero-order chi connectivity index (χ0) is 8.77. The van der Waals surface area contributed by atoms with Crippen LogP contribution in [0.25, 0.3) is 0 Å². The molecule has 0 amide bonds. The summed E-state index contributed by atoms with van der Waals surface area (Å²) < 4.78 is 11.3. The molecule has 1 saturated heterocycles. The van der Waals surface area contributed by atoms with Crippen molar-refractivity contribution in [2.45, 2.75) is 38.1 Å². The van der Waals surface area contributed by atoms with E-state index in [1.807, 2.05) is 6.92 Å². The Morgan fingerprint density at radius 1 is 1.50 bits per heavy atom. The molecule has 4 unspecified atom stereocenters. The molecular formula is C9H16O3. The number of hydrogen-bond acceptors (Lipinski definition) is 3. The summed E-state index contributed by atoms with van der Waals surface area (Å²) in [6.07, 6.45) is 1.06. The maximum absolute atomic E-state index is 9.10. The first-order chi connectivity index (χ1) is 5.69. The van der Waals surface area contributed by atoms with Crippen molar-refractivity contribution in [2.75, 3.05) is 13.2 Å². The molecule has 0 radical (unpaired) electrons. The van der Waals surface area contributed by atoms with Crippen molar-refractivity contribution in [1.29, 1.82) is 0 Å². The quantitative estimate of drug-likeness (QED) is 0.628. The minimum Gasteiger partial charge on any atom is -0.394 e. The molecule has 3 heteroatoms. The van der Waals surface area contributed by atoms with Crippen LogP contribution in [-0.2, 0) is 9.47 Å². The normalized spacial score (nSPS) is 52.8. The molecule has 3 nitrogen and oxygen atoms in total. The molecule has 70 valence electrons. The van der Waals surface area contributed by atoms with Crippen molar-refractivity contribution in [1.82, 2.24) is 0 Å². The van der Waals surface area contributed by atoms with E-state index in [1.54, 1.807) is 0 Å². The average molecular weight is 172 g/mol. The second-order valence-corrected chi connectivity index (χ2v) is 3.99. The summed E-state index contributed by atoms with van der Waals surface area (Å²) in [7, 11) is 0. The number of ether oxygens (including phenoxy) is 2. The topological polar surface area (TPSA) is 38.7 Å².